The number of rotatable bonds is 7. The first-order valence-electron chi connectivity index (χ1n) is 5.58. The molecule has 0 aliphatic carbocycles. The van der Waals surface area contributed by atoms with E-state index in [1.165, 1.54) is 12.0 Å². The van der Waals surface area contributed by atoms with E-state index in [2.05, 4.69) is 26.1 Å². The Hall–Kier alpha value is -0.410. The van der Waals surface area contributed by atoms with E-state index in [0.717, 1.165) is 23.8 Å². The van der Waals surface area contributed by atoms with Gasteiger partial charge in [-0.15, -0.1) is 0 Å². The van der Waals surface area contributed by atoms with E-state index in [1.54, 1.807) is 6.26 Å². The van der Waals surface area contributed by atoms with Gasteiger partial charge in [0.05, 0.1) is 12.0 Å². The molecule has 1 aromatic heterocycles. The molecule has 0 aliphatic heterocycles. The van der Waals surface area contributed by atoms with Gasteiger partial charge in [0.25, 0.3) is 0 Å². The highest BCUT2D eigenvalue weighted by Gasteiger charge is 2.01. The van der Waals surface area contributed by atoms with E-state index in [9.17, 15) is 0 Å². The van der Waals surface area contributed by atoms with Gasteiger partial charge < -0.3 is 9.73 Å². The van der Waals surface area contributed by atoms with Crippen molar-refractivity contribution in [3.05, 3.63) is 23.7 Å². The third kappa shape index (κ3) is 4.76. The van der Waals surface area contributed by atoms with Crippen LogP contribution in [0.3, 0.4) is 0 Å². The van der Waals surface area contributed by atoms with Gasteiger partial charge >= 0.3 is 0 Å². The molecule has 1 unspecified atom stereocenters. The standard InChI is InChI=1S/C12H21NOS/c1-4-11(3)13-6-8-15-9-12-10(2)5-7-14-12/h5,7,11,13H,4,6,8-9H2,1-3H3. The molecule has 0 radical (unpaired) electrons. The summed E-state index contributed by atoms with van der Waals surface area (Å²) >= 11 is 1.92. The molecule has 0 fully saturated rings. The van der Waals surface area contributed by atoms with Gasteiger partial charge in [-0.25, -0.2) is 0 Å². The normalized spacial score (nSPS) is 13.0. The lowest BCUT2D eigenvalue weighted by atomic mass is 10.3. The van der Waals surface area contributed by atoms with Crippen LogP contribution in [0.25, 0.3) is 0 Å². The molecular weight excluding hydrogens is 206 g/mol. The fourth-order valence-electron chi connectivity index (χ4n) is 1.24. The molecule has 0 saturated heterocycles. The minimum atomic E-state index is 0.635. The van der Waals surface area contributed by atoms with Gasteiger partial charge in [0.15, 0.2) is 0 Å². The second-order valence-electron chi connectivity index (χ2n) is 3.84. The fraction of sp³-hybridized carbons (Fsp3) is 0.667. The Kier molecular flexibility index (Phi) is 5.88. The van der Waals surface area contributed by atoms with Crippen LogP contribution in [-0.2, 0) is 5.75 Å². The Labute approximate surface area is 96.8 Å². The van der Waals surface area contributed by atoms with Crippen molar-refractivity contribution in [1.82, 2.24) is 5.32 Å². The van der Waals surface area contributed by atoms with E-state index >= 15 is 0 Å². The topological polar surface area (TPSA) is 25.2 Å². The monoisotopic (exact) mass is 227 g/mol. The summed E-state index contributed by atoms with van der Waals surface area (Å²) < 4.78 is 5.37. The van der Waals surface area contributed by atoms with Crippen molar-refractivity contribution in [1.29, 1.82) is 0 Å². The average Bonchev–Trinajstić information content (AvgIpc) is 2.63. The summed E-state index contributed by atoms with van der Waals surface area (Å²) in [5, 5.41) is 3.48. The molecule has 86 valence electrons. The predicted octanol–water partition coefficient (Wildman–Crippen LogP) is 3.21. The van der Waals surface area contributed by atoms with E-state index in [1.807, 2.05) is 17.8 Å². The molecule has 1 heterocycles. The van der Waals surface area contributed by atoms with Gasteiger partial charge in [-0.2, -0.15) is 11.8 Å². The summed E-state index contributed by atoms with van der Waals surface area (Å²) in [4.78, 5) is 0. The Morgan fingerprint density at radius 3 is 2.93 bits per heavy atom. The van der Waals surface area contributed by atoms with Crippen LogP contribution in [0.5, 0.6) is 0 Å². The predicted molar refractivity (Wildman–Crippen MR) is 67.4 cm³/mol. The minimum Gasteiger partial charge on any atom is -0.468 e. The Morgan fingerprint density at radius 2 is 2.33 bits per heavy atom. The largest absolute Gasteiger partial charge is 0.468 e. The number of furan rings is 1. The van der Waals surface area contributed by atoms with Crippen LogP contribution in [0.1, 0.15) is 31.6 Å². The van der Waals surface area contributed by atoms with Crippen LogP contribution < -0.4 is 5.32 Å². The van der Waals surface area contributed by atoms with E-state index in [-0.39, 0.29) is 0 Å². The Bertz CT molecular complexity index is 272. The second-order valence-corrected chi connectivity index (χ2v) is 4.95. The molecular formula is C12H21NOS. The molecule has 0 spiro atoms. The summed E-state index contributed by atoms with van der Waals surface area (Å²) in [7, 11) is 0. The summed E-state index contributed by atoms with van der Waals surface area (Å²) in [6, 6.07) is 2.66. The van der Waals surface area contributed by atoms with Crippen LogP contribution in [0.4, 0.5) is 0 Å². The smallest absolute Gasteiger partial charge is 0.116 e. The van der Waals surface area contributed by atoms with Gasteiger partial charge in [-0.05, 0) is 31.9 Å². The van der Waals surface area contributed by atoms with Crippen LogP contribution in [0.2, 0.25) is 0 Å². The van der Waals surface area contributed by atoms with Gasteiger partial charge in [0.2, 0.25) is 0 Å². The molecule has 0 aromatic carbocycles. The molecule has 2 nitrogen and oxygen atoms in total. The highest BCUT2D eigenvalue weighted by molar-refractivity contribution is 7.98. The van der Waals surface area contributed by atoms with Crippen LogP contribution >= 0.6 is 11.8 Å². The van der Waals surface area contributed by atoms with Crippen LogP contribution in [0, 0.1) is 6.92 Å². The first kappa shape index (κ1) is 12.7. The van der Waals surface area contributed by atoms with Crippen molar-refractivity contribution in [2.75, 3.05) is 12.3 Å². The Morgan fingerprint density at radius 1 is 1.53 bits per heavy atom. The van der Waals surface area contributed by atoms with Crippen molar-refractivity contribution < 1.29 is 4.42 Å². The highest BCUT2D eigenvalue weighted by Crippen LogP contribution is 2.16. The molecule has 0 amide bonds. The van der Waals surface area contributed by atoms with E-state index in [0.29, 0.717) is 6.04 Å². The molecule has 0 bridgehead atoms. The third-order valence-corrected chi connectivity index (χ3v) is 3.51. The van der Waals surface area contributed by atoms with Crippen molar-refractivity contribution in [3.63, 3.8) is 0 Å². The third-order valence-electron chi connectivity index (χ3n) is 2.55. The lowest BCUT2D eigenvalue weighted by molar-refractivity contribution is 0.527. The molecule has 1 N–H and O–H groups in total. The maximum Gasteiger partial charge on any atom is 0.116 e. The van der Waals surface area contributed by atoms with Gasteiger partial charge in [0, 0.05) is 18.3 Å². The van der Waals surface area contributed by atoms with Crippen LogP contribution in [0.15, 0.2) is 16.7 Å². The maximum absolute atomic E-state index is 5.37. The molecule has 0 aliphatic rings. The zero-order valence-electron chi connectivity index (χ0n) is 9.88. The summed E-state index contributed by atoms with van der Waals surface area (Å²) in [6.07, 6.45) is 2.96. The highest BCUT2D eigenvalue weighted by atomic mass is 32.2. The summed E-state index contributed by atoms with van der Waals surface area (Å²) in [6.45, 7) is 7.61. The number of hydrogen-bond acceptors (Lipinski definition) is 3. The molecule has 1 rings (SSSR count). The lowest BCUT2D eigenvalue weighted by Gasteiger charge is -2.10. The quantitative estimate of drug-likeness (QED) is 0.724. The number of aryl methyl sites for hydroxylation is 1. The molecule has 3 heteroatoms. The maximum atomic E-state index is 5.37. The lowest BCUT2D eigenvalue weighted by Crippen LogP contribution is -2.27. The zero-order chi connectivity index (χ0) is 11.1. The summed E-state index contributed by atoms with van der Waals surface area (Å²) in [5.74, 6) is 3.24. The molecule has 0 saturated carbocycles. The number of thioether (sulfide) groups is 1. The van der Waals surface area contributed by atoms with Gasteiger partial charge in [-0.1, -0.05) is 6.92 Å². The summed E-state index contributed by atoms with van der Waals surface area (Å²) in [5.41, 5.74) is 1.26. The van der Waals surface area contributed by atoms with Crippen molar-refractivity contribution in [3.8, 4) is 0 Å². The minimum absolute atomic E-state index is 0.635. The second kappa shape index (κ2) is 6.96. The zero-order valence-corrected chi connectivity index (χ0v) is 10.7. The number of hydrogen-bond donors (Lipinski definition) is 1. The molecule has 15 heavy (non-hydrogen) atoms. The molecule has 1 atom stereocenters. The average molecular weight is 227 g/mol. The molecule has 1 aromatic rings. The SMILES string of the molecule is CCC(C)NCCSCc1occc1C. The van der Waals surface area contributed by atoms with Gasteiger partial charge in [0.1, 0.15) is 5.76 Å². The van der Waals surface area contributed by atoms with E-state index in [4.69, 9.17) is 4.42 Å². The first-order valence-corrected chi connectivity index (χ1v) is 6.73. The Balaban J connectivity index is 2.05. The van der Waals surface area contributed by atoms with Crippen molar-refractivity contribution in [2.45, 2.75) is 39.0 Å². The van der Waals surface area contributed by atoms with Crippen LogP contribution in [-0.4, -0.2) is 18.3 Å². The van der Waals surface area contributed by atoms with Crippen molar-refractivity contribution in [2.24, 2.45) is 0 Å². The first-order chi connectivity index (χ1) is 7.24. The van der Waals surface area contributed by atoms with Gasteiger partial charge in [-0.3, -0.25) is 0 Å². The fourth-order valence-corrected chi connectivity index (χ4v) is 2.13. The number of nitrogens with one attached hydrogen (secondary N) is 1. The van der Waals surface area contributed by atoms with Crippen molar-refractivity contribution >= 4 is 11.8 Å². The van der Waals surface area contributed by atoms with E-state index < -0.39 is 0 Å².